The van der Waals surface area contributed by atoms with Crippen molar-refractivity contribution >= 4 is 15.9 Å². The monoisotopic (exact) mass is 301 g/mol. The molecule has 0 amide bonds. The van der Waals surface area contributed by atoms with E-state index in [2.05, 4.69) is 20.8 Å². The van der Waals surface area contributed by atoms with Gasteiger partial charge in [0.15, 0.2) is 0 Å². The van der Waals surface area contributed by atoms with Gasteiger partial charge in [0, 0.05) is 5.33 Å². The first-order valence-electron chi connectivity index (χ1n) is 4.84. The lowest BCUT2D eigenvalue weighted by atomic mass is 10.7. The molecule has 0 rings (SSSR count). The van der Waals surface area contributed by atoms with E-state index in [0.717, 1.165) is 5.33 Å². The zero-order valence-electron chi connectivity index (χ0n) is 8.93. The van der Waals surface area contributed by atoms with Gasteiger partial charge in [0.25, 0.3) is 5.09 Å². The predicted molar refractivity (Wildman–Crippen MR) is 59.2 cm³/mol. The van der Waals surface area contributed by atoms with Gasteiger partial charge in [-0.25, -0.2) is 0 Å². The fourth-order valence-electron chi connectivity index (χ4n) is 0.767. The van der Waals surface area contributed by atoms with Crippen LogP contribution in [0.5, 0.6) is 0 Å². The van der Waals surface area contributed by atoms with Crippen LogP contribution in [0, 0.1) is 10.1 Å². The molecule has 0 aromatic rings. The van der Waals surface area contributed by atoms with E-state index < -0.39 is 5.09 Å². The molecular weight excluding hydrogens is 286 g/mol. The van der Waals surface area contributed by atoms with E-state index in [1.807, 2.05) is 0 Å². The normalized spacial score (nSPS) is 10.3. The quantitative estimate of drug-likeness (QED) is 0.228. The average molecular weight is 302 g/mol. The highest BCUT2D eigenvalue weighted by Gasteiger charge is 1.94. The summed E-state index contributed by atoms with van der Waals surface area (Å²) in [7, 11) is 0. The van der Waals surface area contributed by atoms with Crippen molar-refractivity contribution < 1.29 is 24.1 Å². The van der Waals surface area contributed by atoms with Gasteiger partial charge in [0.05, 0.1) is 39.6 Å². The van der Waals surface area contributed by atoms with Crippen molar-refractivity contribution in [2.45, 2.75) is 0 Å². The molecule has 0 aliphatic rings. The van der Waals surface area contributed by atoms with Crippen molar-refractivity contribution in [3.05, 3.63) is 10.1 Å². The van der Waals surface area contributed by atoms with Crippen molar-refractivity contribution in [2.24, 2.45) is 0 Å². The number of halogens is 1. The molecule has 0 aliphatic heterocycles. The topological polar surface area (TPSA) is 80.1 Å². The second-order valence-corrected chi connectivity index (χ2v) is 3.38. The number of rotatable bonds is 12. The Hall–Kier alpha value is -0.440. The van der Waals surface area contributed by atoms with Crippen molar-refractivity contribution in [3.8, 4) is 0 Å². The summed E-state index contributed by atoms with van der Waals surface area (Å²) in [5, 5.41) is 9.71. The summed E-state index contributed by atoms with van der Waals surface area (Å²) in [5.74, 6) is 0. The molecule has 0 bridgehead atoms. The molecule has 0 N–H and O–H groups in total. The minimum Gasteiger partial charge on any atom is -0.378 e. The molecular formula is C8H16BrNO6. The minimum atomic E-state index is -0.846. The van der Waals surface area contributed by atoms with E-state index >= 15 is 0 Å². The van der Waals surface area contributed by atoms with E-state index in [9.17, 15) is 10.1 Å². The first kappa shape index (κ1) is 15.6. The largest absolute Gasteiger partial charge is 0.378 e. The lowest BCUT2D eigenvalue weighted by Crippen LogP contribution is -2.13. The maximum Gasteiger partial charge on any atom is 0.294 e. The molecule has 8 heteroatoms. The Morgan fingerprint density at radius 3 is 1.75 bits per heavy atom. The van der Waals surface area contributed by atoms with Crippen molar-refractivity contribution in [2.75, 3.05) is 51.6 Å². The second-order valence-electron chi connectivity index (χ2n) is 2.58. The molecule has 96 valence electrons. The van der Waals surface area contributed by atoms with Crippen LogP contribution < -0.4 is 0 Å². The van der Waals surface area contributed by atoms with Crippen LogP contribution in [0.1, 0.15) is 0 Å². The number of ether oxygens (including phenoxy) is 3. The molecule has 0 fully saturated rings. The van der Waals surface area contributed by atoms with E-state index in [-0.39, 0.29) is 13.2 Å². The van der Waals surface area contributed by atoms with E-state index in [1.165, 1.54) is 0 Å². The molecule has 0 saturated heterocycles. The van der Waals surface area contributed by atoms with Gasteiger partial charge in [-0.05, 0) is 0 Å². The van der Waals surface area contributed by atoms with Gasteiger partial charge in [0.1, 0.15) is 6.61 Å². The van der Waals surface area contributed by atoms with Gasteiger partial charge < -0.3 is 19.0 Å². The Kier molecular flexibility index (Phi) is 12.3. The highest BCUT2D eigenvalue weighted by atomic mass is 79.9. The molecule has 0 atom stereocenters. The summed E-state index contributed by atoms with van der Waals surface area (Å²) in [6.07, 6.45) is 0. The van der Waals surface area contributed by atoms with E-state index in [1.54, 1.807) is 0 Å². The Morgan fingerprint density at radius 1 is 0.875 bits per heavy atom. The molecule has 0 heterocycles. The molecule has 16 heavy (non-hydrogen) atoms. The number of alkyl halides is 1. The zero-order chi connectivity index (χ0) is 12.1. The first-order valence-corrected chi connectivity index (χ1v) is 5.96. The standard InChI is InChI=1S/C8H16BrNO6/c9-1-2-13-3-4-14-5-6-15-7-8-16-10(11)12/h1-8H2. The minimum absolute atomic E-state index is 0.0542. The lowest BCUT2D eigenvalue weighted by molar-refractivity contribution is -0.758. The van der Waals surface area contributed by atoms with Gasteiger partial charge >= 0.3 is 0 Å². The van der Waals surface area contributed by atoms with Crippen molar-refractivity contribution in [1.82, 2.24) is 0 Å². The van der Waals surface area contributed by atoms with Crippen LogP contribution in [0.15, 0.2) is 0 Å². The smallest absolute Gasteiger partial charge is 0.294 e. The molecule has 0 aliphatic carbocycles. The van der Waals surface area contributed by atoms with Crippen LogP contribution >= 0.6 is 15.9 Å². The van der Waals surface area contributed by atoms with E-state index in [4.69, 9.17) is 14.2 Å². The fraction of sp³-hybridized carbons (Fsp3) is 1.00. The molecule has 0 radical (unpaired) electrons. The number of hydrogen-bond acceptors (Lipinski definition) is 6. The van der Waals surface area contributed by atoms with Gasteiger partial charge in [-0.15, -0.1) is 10.1 Å². The summed E-state index contributed by atoms with van der Waals surface area (Å²) >= 11 is 3.23. The van der Waals surface area contributed by atoms with Gasteiger partial charge in [-0.1, -0.05) is 15.9 Å². The molecule has 0 spiro atoms. The molecule has 0 aromatic carbocycles. The van der Waals surface area contributed by atoms with Crippen LogP contribution in [0.2, 0.25) is 0 Å². The lowest BCUT2D eigenvalue weighted by Gasteiger charge is -2.05. The Morgan fingerprint density at radius 2 is 1.31 bits per heavy atom. The summed E-state index contributed by atoms with van der Waals surface area (Å²) in [6.45, 7) is 2.69. The third-order valence-corrected chi connectivity index (χ3v) is 1.71. The van der Waals surface area contributed by atoms with Crippen LogP contribution in [0.25, 0.3) is 0 Å². The molecule has 7 nitrogen and oxygen atoms in total. The number of nitrogens with zero attached hydrogens (tertiary/aromatic N) is 1. The Labute approximate surface area is 102 Å². The second kappa shape index (κ2) is 12.6. The molecule has 0 unspecified atom stereocenters. The van der Waals surface area contributed by atoms with Crippen LogP contribution in [-0.4, -0.2) is 56.7 Å². The summed E-state index contributed by atoms with van der Waals surface area (Å²) in [6, 6.07) is 0. The number of hydrogen-bond donors (Lipinski definition) is 0. The Bertz CT molecular complexity index is 171. The third-order valence-electron chi connectivity index (χ3n) is 1.39. The maximum atomic E-state index is 9.75. The third kappa shape index (κ3) is 13.6. The zero-order valence-corrected chi connectivity index (χ0v) is 10.5. The molecule has 0 aromatic heterocycles. The van der Waals surface area contributed by atoms with Crippen molar-refractivity contribution in [3.63, 3.8) is 0 Å². The van der Waals surface area contributed by atoms with Crippen LogP contribution in [-0.2, 0) is 19.0 Å². The molecule has 0 saturated carbocycles. The highest BCUT2D eigenvalue weighted by Crippen LogP contribution is 1.84. The van der Waals surface area contributed by atoms with Crippen LogP contribution in [0.4, 0.5) is 0 Å². The maximum absolute atomic E-state index is 9.75. The average Bonchev–Trinajstić information content (AvgIpc) is 2.25. The van der Waals surface area contributed by atoms with Crippen LogP contribution in [0.3, 0.4) is 0 Å². The first-order chi connectivity index (χ1) is 7.77. The summed E-state index contributed by atoms with van der Waals surface area (Å²) in [5.41, 5.74) is 0. The van der Waals surface area contributed by atoms with Gasteiger partial charge in [-0.3, -0.25) is 0 Å². The van der Waals surface area contributed by atoms with E-state index in [0.29, 0.717) is 33.0 Å². The predicted octanol–water partition coefficient (Wildman–Crippen LogP) is 0.639. The highest BCUT2D eigenvalue weighted by molar-refractivity contribution is 9.09. The summed E-state index contributed by atoms with van der Waals surface area (Å²) in [4.78, 5) is 13.8. The summed E-state index contributed by atoms with van der Waals surface area (Å²) < 4.78 is 15.3. The van der Waals surface area contributed by atoms with Crippen molar-refractivity contribution in [1.29, 1.82) is 0 Å². The van der Waals surface area contributed by atoms with Gasteiger partial charge in [0.2, 0.25) is 0 Å². The SMILES string of the molecule is O=[N+]([O-])OCCOCCOCCOCCBr. The van der Waals surface area contributed by atoms with Gasteiger partial charge in [-0.2, -0.15) is 0 Å². The Balaban J connectivity index is 2.90. The fourth-order valence-corrected chi connectivity index (χ4v) is 0.996.